The lowest BCUT2D eigenvalue weighted by molar-refractivity contribution is -0.141. The van der Waals surface area contributed by atoms with E-state index >= 15 is 0 Å². The smallest absolute Gasteiger partial charge is 0.327 e. The summed E-state index contributed by atoms with van der Waals surface area (Å²) >= 11 is 1.49. The van der Waals surface area contributed by atoms with E-state index < -0.39 is 17.8 Å². The van der Waals surface area contributed by atoms with E-state index in [1.165, 1.54) is 34.9 Å². The zero-order valence-corrected chi connectivity index (χ0v) is 12.8. The van der Waals surface area contributed by atoms with Crippen LogP contribution in [0.3, 0.4) is 0 Å². The van der Waals surface area contributed by atoms with Gasteiger partial charge in [0.2, 0.25) is 0 Å². The number of thioether (sulfide) groups is 1. The number of carbonyl (C=O) groups is 2. The van der Waals surface area contributed by atoms with Crippen molar-refractivity contribution in [3.8, 4) is 0 Å². The van der Waals surface area contributed by atoms with Crippen molar-refractivity contribution in [3.05, 3.63) is 35.1 Å². The number of amides is 1. The molecule has 1 fully saturated rings. The van der Waals surface area contributed by atoms with Gasteiger partial charge in [0.1, 0.15) is 11.9 Å². The van der Waals surface area contributed by atoms with E-state index in [1.807, 2.05) is 6.92 Å². The van der Waals surface area contributed by atoms with Crippen LogP contribution in [-0.2, 0) is 4.79 Å². The van der Waals surface area contributed by atoms with Crippen molar-refractivity contribution in [2.45, 2.75) is 38.1 Å². The molecule has 2 rings (SSSR count). The summed E-state index contributed by atoms with van der Waals surface area (Å²) in [5.41, 5.74) is 0.891. The van der Waals surface area contributed by atoms with Gasteiger partial charge in [0.25, 0.3) is 5.91 Å². The first-order valence-corrected chi connectivity index (χ1v) is 7.93. The number of rotatable bonds is 4. The van der Waals surface area contributed by atoms with E-state index in [9.17, 15) is 19.1 Å². The fraction of sp³-hybridized carbons (Fsp3) is 0.467. The second-order valence-electron chi connectivity index (χ2n) is 5.10. The summed E-state index contributed by atoms with van der Waals surface area (Å²) in [6, 6.07) is 3.14. The maximum atomic E-state index is 13.2. The summed E-state index contributed by atoms with van der Waals surface area (Å²) in [5, 5.41) is 9.18. The zero-order chi connectivity index (χ0) is 15.6. The van der Waals surface area contributed by atoms with E-state index in [0.29, 0.717) is 16.9 Å². The molecule has 1 amide bonds. The molecule has 4 nitrogen and oxygen atoms in total. The molecule has 0 radical (unpaired) electrons. The molecule has 1 aromatic carbocycles. The van der Waals surface area contributed by atoms with Gasteiger partial charge in [0.15, 0.2) is 0 Å². The third kappa shape index (κ3) is 3.20. The van der Waals surface area contributed by atoms with Gasteiger partial charge in [-0.2, -0.15) is 0 Å². The molecule has 114 valence electrons. The number of aryl methyl sites for hydroxylation is 1. The highest BCUT2D eigenvalue weighted by atomic mass is 32.2. The van der Waals surface area contributed by atoms with Crippen LogP contribution in [0.2, 0.25) is 0 Å². The Kier molecular flexibility index (Phi) is 4.88. The number of hydrogen-bond donors (Lipinski definition) is 1. The molecule has 1 saturated heterocycles. The number of aliphatic carboxylic acids is 1. The average Bonchev–Trinajstić information content (AvgIpc) is 2.82. The SMILES string of the molecule is CCCC1SCC(C(=O)O)N1C(=O)c1ccc(F)cc1C. The van der Waals surface area contributed by atoms with Crippen molar-refractivity contribution in [2.75, 3.05) is 5.75 Å². The topological polar surface area (TPSA) is 57.6 Å². The highest BCUT2D eigenvalue weighted by Crippen LogP contribution is 2.34. The highest BCUT2D eigenvalue weighted by Gasteiger charge is 2.41. The third-order valence-corrected chi connectivity index (χ3v) is 4.92. The summed E-state index contributed by atoms with van der Waals surface area (Å²) < 4.78 is 13.2. The minimum atomic E-state index is -0.991. The van der Waals surface area contributed by atoms with Gasteiger partial charge in [0, 0.05) is 11.3 Å². The first kappa shape index (κ1) is 15.8. The molecule has 0 saturated carbocycles. The van der Waals surface area contributed by atoms with E-state index in [-0.39, 0.29) is 11.3 Å². The summed E-state index contributed by atoms with van der Waals surface area (Å²) in [6.45, 7) is 3.66. The maximum absolute atomic E-state index is 13.2. The van der Waals surface area contributed by atoms with E-state index in [1.54, 1.807) is 6.92 Å². The van der Waals surface area contributed by atoms with Gasteiger partial charge >= 0.3 is 5.97 Å². The molecular weight excluding hydrogens is 293 g/mol. The van der Waals surface area contributed by atoms with Crippen LogP contribution >= 0.6 is 11.8 Å². The highest BCUT2D eigenvalue weighted by molar-refractivity contribution is 8.00. The molecule has 0 bridgehead atoms. The Hall–Kier alpha value is -1.56. The van der Waals surface area contributed by atoms with Gasteiger partial charge in [-0.1, -0.05) is 13.3 Å². The van der Waals surface area contributed by atoms with E-state index in [4.69, 9.17) is 0 Å². The Morgan fingerprint density at radius 3 is 2.76 bits per heavy atom. The van der Waals surface area contributed by atoms with Gasteiger partial charge in [-0.05, 0) is 37.1 Å². The molecule has 1 aromatic rings. The second kappa shape index (κ2) is 6.47. The lowest BCUT2D eigenvalue weighted by atomic mass is 10.1. The van der Waals surface area contributed by atoms with Gasteiger partial charge in [0.05, 0.1) is 5.37 Å². The molecular formula is C15H18FNO3S. The Balaban J connectivity index is 2.34. The molecule has 1 N–H and O–H groups in total. The second-order valence-corrected chi connectivity index (χ2v) is 6.31. The lowest BCUT2D eigenvalue weighted by Gasteiger charge is -2.27. The third-order valence-electron chi connectivity index (χ3n) is 3.57. The first-order valence-electron chi connectivity index (χ1n) is 6.89. The Bertz CT molecular complexity index is 564. The van der Waals surface area contributed by atoms with Crippen LogP contribution in [0.15, 0.2) is 18.2 Å². The summed E-state index contributed by atoms with van der Waals surface area (Å²) in [4.78, 5) is 25.5. The molecule has 2 atom stereocenters. The fourth-order valence-electron chi connectivity index (χ4n) is 2.50. The van der Waals surface area contributed by atoms with Crippen molar-refractivity contribution in [1.29, 1.82) is 0 Å². The predicted octanol–water partition coefficient (Wildman–Crippen LogP) is 2.90. The minimum Gasteiger partial charge on any atom is -0.480 e. The lowest BCUT2D eigenvalue weighted by Crippen LogP contribution is -2.45. The molecule has 1 heterocycles. The Labute approximate surface area is 127 Å². The summed E-state index contributed by atoms with van der Waals surface area (Å²) in [5.74, 6) is -1.33. The fourth-order valence-corrected chi connectivity index (χ4v) is 4.01. The number of carboxylic acid groups (broad SMARTS) is 1. The van der Waals surface area contributed by atoms with Crippen LogP contribution in [-0.4, -0.2) is 39.1 Å². The van der Waals surface area contributed by atoms with Crippen LogP contribution in [0.5, 0.6) is 0 Å². The van der Waals surface area contributed by atoms with Crippen LogP contribution in [0.1, 0.15) is 35.7 Å². The van der Waals surface area contributed by atoms with Gasteiger partial charge < -0.3 is 10.0 Å². The first-order chi connectivity index (χ1) is 9.95. The average molecular weight is 311 g/mol. The van der Waals surface area contributed by atoms with Crippen LogP contribution in [0.25, 0.3) is 0 Å². The molecule has 21 heavy (non-hydrogen) atoms. The summed E-state index contributed by atoms with van der Waals surface area (Å²) in [6.07, 6.45) is 1.62. The van der Waals surface area contributed by atoms with Crippen molar-refractivity contribution < 1.29 is 19.1 Å². The monoisotopic (exact) mass is 311 g/mol. The van der Waals surface area contributed by atoms with Crippen LogP contribution in [0, 0.1) is 12.7 Å². The van der Waals surface area contributed by atoms with E-state index in [0.717, 1.165) is 12.8 Å². The van der Waals surface area contributed by atoms with Crippen molar-refractivity contribution in [1.82, 2.24) is 4.90 Å². The standard InChI is InChI=1S/C15H18FNO3S/c1-3-4-13-17(12(8-21-13)15(19)20)14(18)11-6-5-10(16)7-9(11)2/h5-7,12-13H,3-4,8H2,1-2H3,(H,19,20). The van der Waals surface area contributed by atoms with Crippen LogP contribution in [0.4, 0.5) is 4.39 Å². The van der Waals surface area contributed by atoms with Crippen molar-refractivity contribution in [2.24, 2.45) is 0 Å². The zero-order valence-electron chi connectivity index (χ0n) is 12.0. The number of nitrogens with zero attached hydrogens (tertiary/aromatic N) is 1. The van der Waals surface area contributed by atoms with Crippen LogP contribution < -0.4 is 0 Å². The normalized spacial score (nSPS) is 21.6. The van der Waals surface area contributed by atoms with Crippen molar-refractivity contribution in [3.63, 3.8) is 0 Å². The molecule has 6 heteroatoms. The molecule has 0 aliphatic carbocycles. The number of hydrogen-bond acceptors (Lipinski definition) is 3. The van der Waals surface area contributed by atoms with Gasteiger partial charge in [-0.3, -0.25) is 4.79 Å². The van der Waals surface area contributed by atoms with Gasteiger partial charge in [-0.25, -0.2) is 9.18 Å². The minimum absolute atomic E-state index is 0.131. The number of benzene rings is 1. The molecule has 1 aliphatic rings. The molecule has 0 aromatic heterocycles. The number of carboxylic acids is 1. The quantitative estimate of drug-likeness (QED) is 0.929. The summed E-state index contributed by atoms with van der Waals surface area (Å²) in [7, 11) is 0. The Morgan fingerprint density at radius 1 is 1.48 bits per heavy atom. The van der Waals surface area contributed by atoms with E-state index in [2.05, 4.69) is 0 Å². The maximum Gasteiger partial charge on any atom is 0.327 e. The van der Waals surface area contributed by atoms with Gasteiger partial charge in [-0.15, -0.1) is 11.8 Å². The molecule has 0 spiro atoms. The number of halogens is 1. The Morgan fingerprint density at radius 2 is 2.19 bits per heavy atom. The number of carbonyl (C=O) groups excluding carboxylic acids is 1. The predicted molar refractivity (Wildman–Crippen MR) is 79.9 cm³/mol. The molecule has 1 aliphatic heterocycles. The molecule has 2 unspecified atom stereocenters. The van der Waals surface area contributed by atoms with Crippen molar-refractivity contribution >= 4 is 23.6 Å². The largest absolute Gasteiger partial charge is 0.480 e.